The quantitative estimate of drug-likeness (QED) is 0.289. The largest absolute Gasteiger partial charge is 0.460 e. The predicted molar refractivity (Wildman–Crippen MR) is 102 cm³/mol. The summed E-state index contributed by atoms with van der Waals surface area (Å²) in [6.45, 7) is 0.696. The fourth-order valence-corrected chi connectivity index (χ4v) is 3.29. The Labute approximate surface area is 195 Å². The Hall–Kier alpha value is -2.51. The van der Waals surface area contributed by atoms with E-state index < -0.39 is 47.8 Å². The van der Waals surface area contributed by atoms with E-state index >= 15 is 0 Å². The van der Waals surface area contributed by atoms with Gasteiger partial charge in [0.05, 0.1) is 12.0 Å². The molecule has 0 spiro atoms. The topological polar surface area (TPSA) is 9.23 Å². The van der Waals surface area contributed by atoms with E-state index in [0.717, 1.165) is 12.1 Å². The molecule has 0 aromatic heterocycles. The van der Waals surface area contributed by atoms with Crippen LogP contribution < -0.4 is 0 Å². The van der Waals surface area contributed by atoms with Crippen molar-refractivity contribution in [3.05, 3.63) is 60.2 Å². The SMILES string of the molecule is COC(C)(CC(F)(F)C(F)(F)C(F)(F)C(F)(F)C(F)(F)C(F)(F)F)c1cccc(-c2ccccc2)c1. The van der Waals surface area contributed by atoms with Gasteiger partial charge in [-0.1, -0.05) is 48.5 Å². The molecule has 1 unspecified atom stereocenters. The summed E-state index contributed by atoms with van der Waals surface area (Å²) in [6.07, 6.45) is -9.95. The van der Waals surface area contributed by atoms with Crippen molar-refractivity contribution in [2.24, 2.45) is 0 Å². The summed E-state index contributed by atoms with van der Waals surface area (Å²) in [5, 5.41) is 0. The van der Waals surface area contributed by atoms with Gasteiger partial charge in [-0.2, -0.15) is 57.1 Å². The van der Waals surface area contributed by atoms with Crippen molar-refractivity contribution >= 4 is 0 Å². The average molecular weight is 544 g/mol. The number of hydrogen-bond donors (Lipinski definition) is 0. The Balaban J connectivity index is 2.53. The number of alkyl halides is 13. The van der Waals surface area contributed by atoms with E-state index in [4.69, 9.17) is 4.74 Å². The van der Waals surface area contributed by atoms with Gasteiger partial charge in [-0.3, -0.25) is 0 Å². The lowest BCUT2D eigenvalue weighted by molar-refractivity contribution is -0.441. The first-order valence-electron chi connectivity index (χ1n) is 9.76. The van der Waals surface area contributed by atoms with E-state index in [1.807, 2.05) is 0 Å². The Morgan fingerprint density at radius 1 is 0.583 bits per heavy atom. The van der Waals surface area contributed by atoms with Crippen molar-refractivity contribution in [1.29, 1.82) is 0 Å². The van der Waals surface area contributed by atoms with Gasteiger partial charge in [0.15, 0.2) is 0 Å². The van der Waals surface area contributed by atoms with Gasteiger partial charge in [0.25, 0.3) is 0 Å². The van der Waals surface area contributed by atoms with E-state index in [1.165, 1.54) is 12.1 Å². The van der Waals surface area contributed by atoms with Crippen LogP contribution in [-0.2, 0) is 10.3 Å². The molecule has 0 saturated carbocycles. The van der Waals surface area contributed by atoms with Gasteiger partial charge >= 0.3 is 35.8 Å². The predicted octanol–water partition coefficient (Wildman–Crippen LogP) is 8.34. The molecule has 2 aromatic rings. The minimum absolute atomic E-state index is 0.313. The number of benzene rings is 2. The minimum atomic E-state index is -7.94. The lowest BCUT2D eigenvalue weighted by atomic mass is 9.83. The van der Waals surface area contributed by atoms with Gasteiger partial charge in [-0.25, -0.2) is 0 Å². The fourth-order valence-electron chi connectivity index (χ4n) is 3.29. The van der Waals surface area contributed by atoms with Crippen molar-refractivity contribution in [3.63, 3.8) is 0 Å². The Morgan fingerprint density at radius 3 is 1.53 bits per heavy atom. The molecule has 2 aromatic carbocycles. The second kappa shape index (κ2) is 9.10. The molecular weight excluding hydrogens is 527 g/mol. The maximum Gasteiger partial charge on any atom is 0.460 e. The van der Waals surface area contributed by atoms with Crippen LogP contribution in [0.15, 0.2) is 54.6 Å². The van der Waals surface area contributed by atoms with Crippen LogP contribution in [0.1, 0.15) is 18.9 Å². The van der Waals surface area contributed by atoms with E-state index in [2.05, 4.69) is 0 Å². The highest BCUT2D eigenvalue weighted by Gasteiger charge is 2.90. The fraction of sp³-hybridized carbons (Fsp3) is 0.455. The van der Waals surface area contributed by atoms with Crippen LogP contribution in [0.2, 0.25) is 0 Å². The number of halogens is 13. The van der Waals surface area contributed by atoms with E-state index in [9.17, 15) is 57.1 Å². The van der Waals surface area contributed by atoms with Crippen LogP contribution in [0.5, 0.6) is 0 Å². The highest BCUT2D eigenvalue weighted by atomic mass is 19.4. The summed E-state index contributed by atoms with van der Waals surface area (Å²) in [7, 11) is 0.688. The Bertz CT molecular complexity index is 1050. The molecular formula is C22H17F13O. The van der Waals surface area contributed by atoms with Crippen molar-refractivity contribution in [2.45, 2.75) is 54.7 Å². The lowest BCUT2D eigenvalue weighted by Crippen LogP contribution is -2.70. The van der Waals surface area contributed by atoms with Crippen molar-refractivity contribution in [2.75, 3.05) is 7.11 Å². The summed E-state index contributed by atoms with van der Waals surface area (Å²) in [4.78, 5) is 0. The van der Waals surface area contributed by atoms with Gasteiger partial charge in [0.2, 0.25) is 0 Å². The smallest absolute Gasteiger partial charge is 0.374 e. The van der Waals surface area contributed by atoms with Gasteiger partial charge < -0.3 is 4.74 Å². The maximum atomic E-state index is 14.5. The van der Waals surface area contributed by atoms with Gasteiger partial charge in [0, 0.05) is 7.11 Å². The summed E-state index contributed by atoms with van der Waals surface area (Å²) in [6, 6.07) is 12.8. The molecule has 0 heterocycles. The monoisotopic (exact) mass is 544 g/mol. The van der Waals surface area contributed by atoms with E-state index in [-0.39, 0.29) is 5.56 Å². The zero-order valence-electron chi connectivity index (χ0n) is 18.2. The zero-order chi connectivity index (χ0) is 28.0. The van der Waals surface area contributed by atoms with E-state index in [0.29, 0.717) is 25.2 Å². The number of rotatable bonds is 9. The van der Waals surface area contributed by atoms with E-state index in [1.54, 1.807) is 30.3 Å². The summed E-state index contributed by atoms with van der Waals surface area (Å²) >= 11 is 0. The summed E-state index contributed by atoms with van der Waals surface area (Å²) in [5.41, 5.74) is -2.14. The van der Waals surface area contributed by atoms with Crippen molar-refractivity contribution in [3.8, 4) is 11.1 Å². The zero-order valence-corrected chi connectivity index (χ0v) is 18.2. The summed E-state index contributed by atoms with van der Waals surface area (Å²) < 4.78 is 180. The van der Waals surface area contributed by atoms with Crippen LogP contribution in [-0.4, -0.2) is 42.9 Å². The Kier molecular flexibility index (Phi) is 7.52. The molecule has 0 saturated heterocycles. The number of hydrogen-bond acceptors (Lipinski definition) is 1. The van der Waals surface area contributed by atoms with Crippen LogP contribution in [0.25, 0.3) is 11.1 Å². The average Bonchev–Trinajstić information content (AvgIpc) is 2.78. The molecule has 2 rings (SSSR count). The van der Waals surface area contributed by atoms with Gasteiger partial charge in [0.1, 0.15) is 0 Å². The first kappa shape index (κ1) is 29.7. The van der Waals surface area contributed by atoms with Crippen LogP contribution in [0.3, 0.4) is 0 Å². The van der Waals surface area contributed by atoms with Crippen LogP contribution >= 0.6 is 0 Å². The molecule has 0 fully saturated rings. The van der Waals surface area contributed by atoms with Crippen molar-refractivity contribution < 1.29 is 61.8 Å². The molecule has 14 heteroatoms. The first-order valence-corrected chi connectivity index (χ1v) is 9.76. The molecule has 0 radical (unpaired) electrons. The van der Waals surface area contributed by atoms with Crippen molar-refractivity contribution in [1.82, 2.24) is 0 Å². The second-order valence-corrected chi connectivity index (χ2v) is 8.06. The molecule has 0 bridgehead atoms. The number of ether oxygens (including phenoxy) is 1. The third-order valence-corrected chi connectivity index (χ3v) is 5.59. The van der Waals surface area contributed by atoms with Crippen LogP contribution in [0.4, 0.5) is 57.1 Å². The first-order chi connectivity index (χ1) is 16.1. The standard InChI is InChI=1S/C22H17F13O/c1-16(36-2,15-10-6-9-14(11-15)13-7-4-3-5-8-13)12-17(23,24)18(25,26)19(27,28)20(29,30)21(31,32)22(33,34)35/h3-11H,12H2,1-2H3. The number of methoxy groups -OCH3 is 1. The summed E-state index contributed by atoms with van der Waals surface area (Å²) in [5.74, 6) is -37.2. The third-order valence-electron chi connectivity index (χ3n) is 5.59. The molecule has 0 N–H and O–H groups in total. The molecule has 1 nitrogen and oxygen atoms in total. The second-order valence-electron chi connectivity index (χ2n) is 8.06. The van der Waals surface area contributed by atoms with Gasteiger partial charge in [-0.05, 0) is 29.7 Å². The van der Waals surface area contributed by atoms with Gasteiger partial charge in [-0.15, -0.1) is 0 Å². The molecule has 202 valence electrons. The highest BCUT2D eigenvalue weighted by molar-refractivity contribution is 5.64. The lowest BCUT2D eigenvalue weighted by Gasteiger charge is -2.42. The molecule has 0 aliphatic carbocycles. The van der Waals surface area contributed by atoms with Crippen LogP contribution in [0, 0.1) is 0 Å². The normalized spacial score (nSPS) is 16.1. The maximum absolute atomic E-state index is 14.5. The molecule has 0 aliphatic rings. The highest BCUT2D eigenvalue weighted by Crippen LogP contribution is 2.61. The molecule has 0 aliphatic heterocycles. The molecule has 0 amide bonds. The third kappa shape index (κ3) is 4.63. The minimum Gasteiger partial charge on any atom is -0.374 e. The molecule has 36 heavy (non-hydrogen) atoms. The Morgan fingerprint density at radius 2 is 1.06 bits per heavy atom. The molecule has 1 atom stereocenters.